The zero-order chi connectivity index (χ0) is 10.5. The van der Waals surface area contributed by atoms with Crippen molar-refractivity contribution in [3.05, 3.63) is 45.3 Å². The molecule has 1 aromatic rings. The summed E-state index contributed by atoms with van der Waals surface area (Å²) in [4.78, 5) is 2.67. The number of benzene rings is 1. The Bertz CT molecular complexity index is 473. The number of rotatable bonds is 2. The van der Waals surface area contributed by atoms with Gasteiger partial charge < -0.3 is 0 Å². The van der Waals surface area contributed by atoms with Crippen molar-refractivity contribution in [2.24, 2.45) is 5.11 Å². The van der Waals surface area contributed by atoms with Gasteiger partial charge in [-0.2, -0.15) is 0 Å². The zero-order valence-corrected chi connectivity index (χ0v) is 8.40. The van der Waals surface area contributed by atoms with Gasteiger partial charge in [-0.05, 0) is 41.6 Å². The molecule has 0 aliphatic heterocycles. The maximum absolute atomic E-state index is 8.07. The van der Waals surface area contributed by atoms with Gasteiger partial charge in [0.1, 0.15) is 0 Å². The van der Waals surface area contributed by atoms with E-state index in [0.29, 0.717) is 13.0 Å². The molecule has 0 radical (unpaired) electrons. The maximum Gasteiger partial charge on any atom is 0.0367 e. The molecule has 0 unspecified atom stereocenters. The summed E-state index contributed by atoms with van der Waals surface area (Å²) in [6.07, 6.45) is 3.02. The summed E-state index contributed by atoms with van der Waals surface area (Å²) in [6.45, 7) is 0.453. The predicted molar refractivity (Wildman–Crippen MR) is 59.4 cm³/mol. The molecule has 0 fully saturated rings. The normalized spacial score (nSPS) is 11.5. The van der Waals surface area contributed by atoms with Gasteiger partial charge in [0.2, 0.25) is 0 Å². The van der Waals surface area contributed by atoms with Crippen LogP contribution in [0.2, 0.25) is 0 Å². The average Bonchev–Trinajstić information content (AvgIpc) is 2.21. The molecular formula is C12H11N3. The second-order valence-electron chi connectivity index (χ2n) is 3.49. The van der Waals surface area contributed by atoms with Crippen molar-refractivity contribution in [1.29, 1.82) is 0 Å². The van der Waals surface area contributed by atoms with Crippen LogP contribution in [0.3, 0.4) is 0 Å². The summed E-state index contributed by atoms with van der Waals surface area (Å²) >= 11 is 0. The van der Waals surface area contributed by atoms with Crippen molar-refractivity contribution in [1.82, 2.24) is 0 Å². The lowest BCUT2D eigenvalue weighted by Crippen LogP contribution is -2.07. The first-order valence-electron chi connectivity index (χ1n) is 5.01. The Kier molecular flexibility index (Phi) is 2.92. The first kappa shape index (κ1) is 9.64. The van der Waals surface area contributed by atoms with Gasteiger partial charge in [-0.25, -0.2) is 0 Å². The zero-order valence-electron chi connectivity index (χ0n) is 8.40. The molecule has 0 spiro atoms. The highest BCUT2D eigenvalue weighted by Gasteiger charge is 2.11. The van der Waals surface area contributed by atoms with Crippen molar-refractivity contribution in [2.75, 3.05) is 6.54 Å². The molecule has 0 bridgehead atoms. The van der Waals surface area contributed by atoms with Crippen LogP contribution < -0.4 is 0 Å². The Hall–Kier alpha value is -1.91. The third-order valence-corrected chi connectivity index (χ3v) is 2.50. The van der Waals surface area contributed by atoms with Gasteiger partial charge in [-0.3, -0.25) is 0 Å². The quantitative estimate of drug-likeness (QED) is 0.230. The largest absolute Gasteiger partial charge is 0.0978 e. The molecule has 0 amide bonds. The standard InChI is InChI=1S/C12H11N3/c13-15-14-8-2-1-3-10-4-5-11-6-7-12(11)9-10/h4-5,9H,2,6-8H2. The van der Waals surface area contributed by atoms with E-state index in [9.17, 15) is 0 Å². The van der Waals surface area contributed by atoms with Gasteiger partial charge in [0, 0.05) is 23.4 Å². The summed E-state index contributed by atoms with van der Waals surface area (Å²) in [7, 11) is 0. The number of nitrogens with zero attached hydrogens (tertiary/aromatic N) is 3. The topological polar surface area (TPSA) is 48.8 Å². The lowest BCUT2D eigenvalue weighted by atomic mass is 9.87. The smallest absolute Gasteiger partial charge is 0.0367 e. The molecule has 0 saturated heterocycles. The van der Waals surface area contributed by atoms with Crippen molar-refractivity contribution in [3.63, 3.8) is 0 Å². The summed E-state index contributed by atoms with van der Waals surface area (Å²) < 4.78 is 0. The molecule has 3 nitrogen and oxygen atoms in total. The van der Waals surface area contributed by atoms with E-state index in [4.69, 9.17) is 5.53 Å². The molecule has 1 aromatic carbocycles. The fourth-order valence-electron chi connectivity index (χ4n) is 1.59. The Labute approximate surface area is 88.7 Å². The highest BCUT2D eigenvalue weighted by molar-refractivity contribution is 5.44. The molecule has 74 valence electrons. The van der Waals surface area contributed by atoms with Crippen LogP contribution in [-0.4, -0.2) is 6.54 Å². The Balaban J connectivity index is 1.98. The van der Waals surface area contributed by atoms with E-state index in [1.54, 1.807) is 0 Å². The molecule has 0 heterocycles. The first-order valence-corrected chi connectivity index (χ1v) is 5.01. The van der Waals surface area contributed by atoms with Crippen LogP contribution in [0.4, 0.5) is 0 Å². The predicted octanol–water partition coefficient (Wildman–Crippen LogP) is 2.84. The van der Waals surface area contributed by atoms with Crippen molar-refractivity contribution < 1.29 is 0 Å². The minimum atomic E-state index is 0.453. The monoisotopic (exact) mass is 197 g/mol. The highest BCUT2D eigenvalue weighted by atomic mass is 15.1. The van der Waals surface area contributed by atoms with Crippen LogP contribution in [0.15, 0.2) is 23.3 Å². The fraction of sp³-hybridized carbons (Fsp3) is 0.333. The van der Waals surface area contributed by atoms with E-state index in [1.807, 2.05) is 0 Å². The molecule has 1 aliphatic rings. The van der Waals surface area contributed by atoms with E-state index in [1.165, 1.54) is 24.0 Å². The number of hydrogen-bond acceptors (Lipinski definition) is 1. The van der Waals surface area contributed by atoms with Crippen molar-refractivity contribution in [3.8, 4) is 11.8 Å². The van der Waals surface area contributed by atoms with Crippen molar-refractivity contribution in [2.45, 2.75) is 19.3 Å². The molecule has 15 heavy (non-hydrogen) atoms. The highest BCUT2D eigenvalue weighted by Crippen LogP contribution is 2.23. The average molecular weight is 197 g/mol. The number of fused-ring (bicyclic) bond motifs is 1. The lowest BCUT2D eigenvalue weighted by Gasteiger charge is -2.17. The minimum absolute atomic E-state index is 0.453. The van der Waals surface area contributed by atoms with Crippen LogP contribution in [0, 0.1) is 11.8 Å². The third-order valence-electron chi connectivity index (χ3n) is 2.50. The Morgan fingerprint density at radius 2 is 2.20 bits per heavy atom. The van der Waals surface area contributed by atoms with E-state index >= 15 is 0 Å². The van der Waals surface area contributed by atoms with Gasteiger partial charge >= 0.3 is 0 Å². The lowest BCUT2D eigenvalue weighted by molar-refractivity contribution is 0.838. The number of hydrogen-bond donors (Lipinski definition) is 0. The molecule has 0 aromatic heterocycles. The van der Waals surface area contributed by atoms with Gasteiger partial charge in [0.25, 0.3) is 0 Å². The van der Waals surface area contributed by atoms with Gasteiger partial charge in [0.15, 0.2) is 0 Å². The van der Waals surface area contributed by atoms with E-state index in [0.717, 1.165) is 5.56 Å². The Morgan fingerprint density at radius 3 is 2.87 bits per heavy atom. The molecule has 2 rings (SSSR count). The minimum Gasteiger partial charge on any atom is -0.0978 e. The number of aryl methyl sites for hydroxylation is 2. The van der Waals surface area contributed by atoms with Gasteiger partial charge in [0.05, 0.1) is 0 Å². The molecule has 0 atom stereocenters. The van der Waals surface area contributed by atoms with E-state index in [2.05, 4.69) is 40.1 Å². The van der Waals surface area contributed by atoms with Crippen LogP contribution in [0.5, 0.6) is 0 Å². The molecule has 0 N–H and O–H groups in total. The van der Waals surface area contributed by atoms with Crippen molar-refractivity contribution >= 4 is 0 Å². The second-order valence-corrected chi connectivity index (χ2v) is 3.49. The molecule has 0 saturated carbocycles. The maximum atomic E-state index is 8.07. The fourth-order valence-corrected chi connectivity index (χ4v) is 1.59. The third kappa shape index (κ3) is 2.31. The van der Waals surface area contributed by atoms with Crippen LogP contribution in [0.1, 0.15) is 23.1 Å². The molecule has 3 heteroatoms. The Morgan fingerprint density at radius 1 is 1.33 bits per heavy atom. The summed E-state index contributed by atoms with van der Waals surface area (Å²) in [6, 6.07) is 6.36. The summed E-state index contributed by atoms with van der Waals surface area (Å²) in [5.74, 6) is 6.06. The number of azide groups is 1. The SMILES string of the molecule is [N-]=[N+]=NCCC#Cc1ccc2c(c1)CC2. The summed E-state index contributed by atoms with van der Waals surface area (Å²) in [5, 5.41) is 3.42. The molecular weight excluding hydrogens is 186 g/mol. The second kappa shape index (κ2) is 4.54. The first-order chi connectivity index (χ1) is 7.40. The summed E-state index contributed by atoms with van der Waals surface area (Å²) in [5.41, 5.74) is 12.0. The van der Waals surface area contributed by atoms with Crippen LogP contribution in [0.25, 0.3) is 10.4 Å². The van der Waals surface area contributed by atoms with E-state index in [-0.39, 0.29) is 0 Å². The van der Waals surface area contributed by atoms with E-state index < -0.39 is 0 Å². The van der Waals surface area contributed by atoms with Gasteiger partial charge in [-0.1, -0.05) is 23.0 Å². The van der Waals surface area contributed by atoms with Gasteiger partial charge in [-0.15, -0.1) is 0 Å². The van der Waals surface area contributed by atoms with Crippen LogP contribution >= 0.6 is 0 Å². The van der Waals surface area contributed by atoms with Crippen LogP contribution in [-0.2, 0) is 12.8 Å². The molecule has 1 aliphatic carbocycles.